The number of hydrogen-bond donors (Lipinski definition) is 1. The predicted molar refractivity (Wildman–Crippen MR) is 38.7 cm³/mol. The summed E-state index contributed by atoms with van der Waals surface area (Å²) in [5, 5.41) is 0. The van der Waals surface area contributed by atoms with Gasteiger partial charge in [-0.25, -0.2) is 0 Å². The number of rotatable bonds is 0. The highest BCUT2D eigenvalue weighted by molar-refractivity contribution is 9.11. The fraction of sp³-hybridized carbons (Fsp3) is 0.333. The maximum atomic E-state index is 5.61. The first-order chi connectivity index (χ1) is 3.80. The van der Waals surface area contributed by atoms with Crippen LogP contribution in [0, 0.1) is 0 Å². The Balaban J connectivity index is 2.66. The van der Waals surface area contributed by atoms with Crippen LogP contribution >= 0.6 is 15.9 Å². The lowest BCUT2D eigenvalue weighted by Crippen LogP contribution is -2.19. The molecular weight excluding hydrogens is 166 g/mol. The molecule has 1 rings (SSSR count). The summed E-state index contributed by atoms with van der Waals surface area (Å²) in [6.07, 6.45) is 7.01. The zero-order valence-electron chi connectivity index (χ0n) is 4.47. The van der Waals surface area contributed by atoms with Crippen molar-refractivity contribution in [2.75, 3.05) is 0 Å². The largest absolute Gasteiger partial charge is 0.323 e. The lowest BCUT2D eigenvalue weighted by molar-refractivity contribution is 0.816. The Hall–Kier alpha value is -0.0800. The van der Waals surface area contributed by atoms with E-state index in [1.165, 1.54) is 0 Å². The molecule has 0 aromatic carbocycles. The Morgan fingerprint density at radius 1 is 1.75 bits per heavy atom. The van der Waals surface area contributed by atoms with Crippen LogP contribution in [-0.2, 0) is 0 Å². The molecular formula is C6H8BrN. The molecule has 1 nitrogen and oxygen atoms in total. The van der Waals surface area contributed by atoms with Gasteiger partial charge in [0.1, 0.15) is 0 Å². The van der Waals surface area contributed by atoms with E-state index in [0.717, 1.165) is 10.9 Å². The highest BCUT2D eigenvalue weighted by Crippen LogP contribution is 2.15. The van der Waals surface area contributed by atoms with Gasteiger partial charge in [0.05, 0.1) is 0 Å². The van der Waals surface area contributed by atoms with E-state index in [4.69, 9.17) is 5.73 Å². The Morgan fingerprint density at radius 2 is 2.50 bits per heavy atom. The highest BCUT2D eigenvalue weighted by Gasteiger charge is 2.04. The first kappa shape index (κ1) is 6.05. The maximum absolute atomic E-state index is 5.61. The molecule has 1 aliphatic rings. The summed E-state index contributed by atoms with van der Waals surface area (Å²) < 4.78 is 1.10. The molecule has 0 heterocycles. The molecule has 0 saturated heterocycles. The molecule has 0 bridgehead atoms. The molecule has 8 heavy (non-hydrogen) atoms. The van der Waals surface area contributed by atoms with Gasteiger partial charge in [-0.2, -0.15) is 0 Å². The molecule has 0 fully saturated rings. The van der Waals surface area contributed by atoms with Crippen LogP contribution in [0.15, 0.2) is 22.7 Å². The van der Waals surface area contributed by atoms with Crippen molar-refractivity contribution < 1.29 is 0 Å². The summed E-state index contributed by atoms with van der Waals surface area (Å²) in [7, 11) is 0. The smallest absolute Gasteiger partial charge is 0.0396 e. The fourth-order valence-corrected chi connectivity index (χ4v) is 0.961. The molecule has 44 valence electrons. The molecule has 1 aliphatic carbocycles. The van der Waals surface area contributed by atoms with Gasteiger partial charge < -0.3 is 5.73 Å². The van der Waals surface area contributed by atoms with Gasteiger partial charge in [0.25, 0.3) is 0 Å². The van der Waals surface area contributed by atoms with Crippen LogP contribution in [0.4, 0.5) is 0 Å². The second-order valence-corrected chi connectivity index (χ2v) is 2.74. The van der Waals surface area contributed by atoms with Gasteiger partial charge in [-0.15, -0.1) is 0 Å². The van der Waals surface area contributed by atoms with Crippen molar-refractivity contribution in [2.45, 2.75) is 12.5 Å². The maximum Gasteiger partial charge on any atom is 0.0396 e. The second-order valence-electron chi connectivity index (χ2n) is 1.82. The van der Waals surface area contributed by atoms with Gasteiger partial charge in [0, 0.05) is 10.5 Å². The summed E-state index contributed by atoms with van der Waals surface area (Å²) in [6, 6.07) is 0.194. The van der Waals surface area contributed by atoms with Gasteiger partial charge in [-0.05, 0) is 6.42 Å². The molecule has 0 saturated carbocycles. The summed E-state index contributed by atoms with van der Waals surface area (Å²) in [4.78, 5) is 0. The van der Waals surface area contributed by atoms with Crippen LogP contribution in [0.2, 0.25) is 0 Å². The van der Waals surface area contributed by atoms with Crippen LogP contribution in [-0.4, -0.2) is 6.04 Å². The van der Waals surface area contributed by atoms with E-state index in [2.05, 4.69) is 22.0 Å². The lowest BCUT2D eigenvalue weighted by Gasteiger charge is -2.09. The van der Waals surface area contributed by atoms with Gasteiger partial charge in [0.2, 0.25) is 0 Å². The minimum atomic E-state index is 0.194. The molecule has 1 unspecified atom stereocenters. The Kier molecular flexibility index (Phi) is 1.86. The Morgan fingerprint density at radius 3 is 2.88 bits per heavy atom. The first-order valence-electron chi connectivity index (χ1n) is 2.58. The molecule has 2 heteroatoms. The molecule has 0 aromatic rings. The average Bonchev–Trinajstić information content (AvgIpc) is 1.77. The lowest BCUT2D eigenvalue weighted by atomic mass is 10.1. The highest BCUT2D eigenvalue weighted by atomic mass is 79.9. The molecule has 0 radical (unpaired) electrons. The minimum absolute atomic E-state index is 0.194. The fourth-order valence-electron chi connectivity index (χ4n) is 0.621. The number of allylic oxidation sites excluding steroid dienone is 2. The molecule has 2 N–H and O–H groups in total. The SMILES string of the molecule is NC1CC=CC=C1Br. The van der Waals surface area contributed by atoms with Crippen LogP contribution in [0.5, 0.6) is 0 Å². The average molecular weight is 174 g/mol. The van der Waals surface area contributed by atoms with Crippen molar-refractivity contribution in [2.24, 2.45) is 5.73 Å². The summed E-state index contributed by atoms with van der Waals surface area (Å²) in [5.74, 6) is 0. The van der Waals surface area contributed by atoms with E-state index in [1.54, 1.807) is 0 Å². The predicted octanol–water partition coefficient (Wildman–Crippen LogP) is 1.55. The van der Waals surface area contributed by atoms with Gasteiger partial charge in [0.15, 0.2) is 0 Å². The third kappa shape index (κ3) is 1.20. The Labute approximate surface area is 57.4 Å². The minimum Gasteiger partial charge on any atom is -0.323 e. The van der Waals surface area contributed by atoms with Crippen LogP contribution in [0.3, 0.4) is 0 Å². The summed E-state index contributed by atoms with van der Waals surface area (Å²) in [5.41, 5.74) is 5.61. The van der Waals surface area contributed by atoms with Crippen molar-refractivity contribution >= 4 is 15.9 Å². The van der Waals surface area contributed by atoms with E-state index >= 15 is 0 Å². The van der Waals surface area contributed by atoms with Crippen molar-refractivity contribution in [1.29, 1.82) is 0 Å². The molecule has 1 atom stereocenters. The van der Waals surface area contributed by atoms with Gasteiger partial charge in [-0.1, -0.05) is 34.2 Å². The standard InChI is InChI=1S/C6H8BrN/c7-5-3-1-2-4-6(5)8/h1-3,6H,4,8H2. The third-order valence-electron chi connectivity index (χ3n) is 1.14. The topological polar surface area (TPSA) is 26.0 Å². The molecule has 0 aliphatic heterocycles. The van der Waals surface area contributed by atoms with Gasteiger partial charge in [-0.3, -0.25) is 0 Å². The van der Waals surface area contributed by atoms with Crippen LogP contribution < -0.4 is 5.73 Å². The second kappa shape index (κ2) is 2.46. The molecule has 0 spiro atoms. The van der Waals surface area contributed by atoms with Crippen LogP contribution in [0.25, 0.3) is 0 Å². The number of nitrogens with two attached hydrogens (primary N) is 1. The third-order valence-corrected chi connectivity index (χ3v) is 1.99. The summed E-state index contributed by atoms with van der Waals surface area (Å²) >= 11 is 3.34. The Bertz CT molecular complexity index is 137. The zero-order chi connectivity index (χ0) is 5.98. The first-order valence-corrected chi connectivity index (χ1v) is 3.38. The van der Waals surface area contributed by atoms with Crippen molar-refractivity contribution in [1.82, 2.24) is 0 Å². The number of halogens is 1. The van der Waals surface area contributed by atoms with E-state index < -0.39 is 0 Å². The van der Waals surface area contributed by atoms with E-state index in [0.29, 0.717) is 0 Å². The summed E-state index contributed by atoms with van der Waals surface area (Å²) in [6.45, 7) is 0. The van der Waals surface area contributed by atoms with Crippen molar-refractivity contribution in [3.8, 4) is 0 Å². The number of hydrogen-bond acceptors (Lipinski definition) is 1. The van der Waals surface area contributed by atoms with Gasteiger partial charge >= 0.3 is 0 Å². The van der Waals surface area contributed by atoms with E-state index in [-0.39, 0.29) is 6.04 Å². The van der Waals surface area contributed by atoms with Crippen molar-refractivity contribution in [3.63, 3.8) is 0 Å². The quantitative estimate of drug-likeness (QED) is 0.592. The zero-order valence-corrected chi connectivity index (χ0v) is 6.06. The molecule has 0 amide bonds. The normalized spacial score (nSPS) is 27.8. The van der Waals surface area contributed by atoms with Crippen LogP contribution in [0.1, 0.15) is 6.42 Å². The van der Waals surface area contributed by atoms with E-state index in [9.17, 15) is 0 Å². The molecule has 0 aromatic heterocycles. The van der Waals surface area contributed by atoms with E-state index in [1.807, 2.05) is 12.2 Å². The monoisotopic (exact) mass is 173 g/mol. The van der Waals surface area contributed by atoms with Crippen molar-refractivity contribution in [3.05, 3.63) is 22.7 Å².